The van der Waals surface area contributed by atoms with Gasteiger partial charge in [0.25, 0.3) is 0 Å². The van der Waals surface area contributed by atoms with Crippen LogP contribution in [0.25, 0.3) is 5.69 Å². The van der Waals surface area contributed by atoms with E-state index in [4.69, 9.17) is 0 Å². The number of para-hydroxylation sites is 1. The lowest BCUT2D eigenvalue weighted by Crippen LogP contribution is -2.43. The van der Waals surface area contributed by atoms with Crippen LogP contribution in [0.15, 0.2) is 72.2 Å². The second-order valence-electron chi connectivity index (χ2n) is 7.27. The number of imidazole rings is 1. The molecule has 0 aliphatic carbocycles. The zero-order valence-corrected chi connectivity index (χ0v) is 19.2. The molecule has 0 aliphatic rings. The van der Waals surface area contributed by atoms with E-state index in [9.17, 15) is 4.39 Å². The Kier molecular flexibility index (Phi) is 8.19. The zero-order chi connectivity index (χ0) is 20.0. The zero-order valence-electron chi connectivity index (χ0n) is 16.9. The molecule has 0 radical (unpaired) electrons. The predicted octanol–water partition coefficient (Wildman–Crippen LogP) is 4.27. The van der Waals surface area contributed by atoms with E-state index in [-0.39, 0.29) is 35.2 Å². The smallest absolute Gasteiger partial charge is 0.191 e. The Labute approximate surface area is 188 Å². The Balaban J connectivity index is 0.00000300. The first kappa shape index (κ1) is 22.9. The van der Waals surface area contributed by atoms with Crippen LogP contribution in [0.2, 0.25) is 0 Å². The third kappa shape index (κ3) is 6.03. The van der Waals surface area contributed by atoms with E-state index in [1.54, 1.807) is 31.7 Å². The minimum absolute atomic E-state index is 0. The van der Waals surface area contributed by atoms with Crippen LogP contribution in [0.1, 0.15) is 25.0 Å². The number of guanidine groups is 1. The molecule has 0 unspecified atom stereocenters. The van der Waals surface area contributed by atoms with Gasteiger partial charge >= 0.3 is 0 Å². The van der Waals surface area contributed by atoms with Crippen LogP contribution < -0.4 is 10.6 Å². The van der Waals surface area contributed by atoms with Crippen molar-refractivity contribution in [1.82, 2.24) is 20.2 Å². The average Bonchev–Trinajstić information content (AvgIpc) is 3.23. The van der Waals surface area contributed by atoms with Crippen molar-refractivity contribution < 1.29 is 4.39 Å². The Hall–Kier alpha value is -2.42. The Morgan fingerprint density at radius 3 is 2.62 bits per heavy atom. The number of benzene rings is 2. The summed E-state index contributed by atoms with van der Waals surface area (Å²) < 4.78 is 15.5. The molecule has 0 fully saturated rings. The van der Waals surface area contributed by atoms with Crippen LogP contribution in [-0.2, 0) is 12.0 Å². The maximum atomic E-state index is 13.6. The first-order valence-corrected chi connectivity index (χ1v) is 9.26. The van der Waals surface area contributed by atoms with Crippen molar-refractivity contribution in [2.45, 2.75) is 25.8 Å². The molecular weight excluding hydrogens is 480 g/mol. The first-order chi connectivity index (χ1) is 13.5. The fraction of sp³-hybridized carbons (Fsp3) is 0.273. The molecule has 0 aliphatic heterocycles. The van der Waals surface area contributed by atoms with Crippen molar-refractivity contribution >= 4 is 29.9 Å². The van der Waals surface area contributed by atoms with Crippen LogP contribution in [-0.4, -0.2) is 29.1 Å². The van der Waals surface area contributed by atoms with Crippen LogP contribution in [0.5, 0.6) is 0 Å². The molecule has 3 aromatic rings. The van der Waals surface area contributed by atoms with Gasteiger partial charge in [0.2, 0.25) is 0 Å². The predicted molar refractivity (Wildman–Crippen MR) is 127 cm³/mol. The number of rotatable bonds is 6. The molecule has 3 rings (SSSR count). The van der Waals surface area contributed by atoms with Crippen LogP contribution in [0.4, 0.5) is 4.39 Å². The second-order valence-corrected chi connectivity index (χ2v) is 7.27. The third-order valence-corrected chi connectivity index (χ3v) is 4.75. The standard InChI is InChI=1S/C22H26FN5.HI/c1-22(2,18-8-6-9-19(23)13-18)15-27-21(24-3)26-14-17-7-4-5-10-20(17)28-12-11-25-16-28;/h4-13,16H,14-15H2,1-3H3,(H2,24,26,27);1H. The summed E-state index contributed by atoms with van der Waals surface area (Å²) in [6.07, 6.45) is 5.47. The summed E-state index contributed by atoms with van der Waals surface area (Å²) in [6, 6.07) is 14.9. The number of nitrogens with zero attached hydrogens (tertiary/aromatic N) is 3. The van der Waals surface area contributed by atoms with Crippen LogP contribution >= 0.6 is 24.0 Å². The monoisotopic (exact) mass is 507 g/mol. The first-order valence-electron chi connectivity index (χ1n) is 9.26. The van der Waals surface area contributed by atoms with Gasteiger partial charge in [0.1, 0.15) is 5.82 Å². The third-order valence-electron chi connectivity index (χ3n) is 4.75. The lowest BCUT2D eigenvalue weighted by atomic mass is 9.84. The maximum Gasteiger partial charge on any atom is 0.191 e. The molecule has 154 valence electrons. The molecule has 5 nitrogen and oxygen atoms in total. The highest BCUT2D eigenvalue weighted by molar-refractivity contribution is 14.0. The second kappa shape index (κ2) is 10.4. The Morgan fingerprint density at radius 1 is 1.14 bits per heavy atom. The quantitative estimate of drug-likeness (QED) is 0.298. The molecule has 2 N–H and O–H groups in total. The van der Waals surface area contributed by atoms with Gasteiger partial charge in [0.05, 0.1) is 12.0 Å². The van der Waals surface area contributed by atoms with E-state index >= 15 is 0 Å². The van der Waals surface area contributed by atoms with E-state index in [1.165, 1.54) is 6.07 Å². The fourth-order valence-corrected chi connectivity index (χ4v) is 3.03. The molecule has 0 bridgehead atoms. The number of aromatic nitrogens is 2. The highest BCUT2D eigenvalue weighted by Gasteiger charge is 2.21. The fourth-order valence-electron chi connectivity index (χ4n) is 3.03. The number of hydrogen-bond donors (Lipinski definition) is 2. The molecule has 0 amide bonds. The summed E-state index contributed by atoms with van der Waals surface area (Å²) in [7, 11) is 1.74. The van der Waals surface area contributed by atoms with Crippen LogP contribution in [0.3, 0.4) is 0 Å². The highest BCUT2D eigenvalue weighted by atomic mass is 127. The summed E-state index contributed by atoms with van der Waals surface area (Å²) in [5.74, 6) is 0.481. The molecule has 1 heterocycles. The topological polar surface area (TPSA) is 54.2 Å². The van der Waals surface area contributed by atoms with Gasteiger partial charge in [0.15, 0.2) is 5.96 Å². The van der Waals surface area contributed by atoms with Gasteiger partial charge in [0, 0.05) is 37.9 Å². The Morgan fingerprint density at radius 2 is 1.93 bits per heavy atom. The van der Waals surface area contributed by atoms with Crippen molar-refractivity contribution in [2.75, 3.05) is 13.6 Å². The number of halogens is 2. The van der Waals surface area contributed by atoms with Crippen molar-refractivity contribution in [3.8, 4) is 5.69 Å². The van der Waals surface area contributed by atoms with Gasteiger partial charge in [-0.05, 0) is 29.3 Å². The molecule has 0 saturated heterocycles. The van der Waals surface area contributed by atoms with Gasteiger partial charge in [-0.25, -0.2) is 9.37 Å². The summed E-state index contributed by atoms with van der Waals surface area (Å²) in [6.45, 7) is 5.40. The van der Waals surface area contributed by atoms with E-state index in [0.29, 0.717) is 19.0 Å². The lowest BCUT2D eigenvalue weighted by molar-refractivity contribution is 0.503. The Bertz CT molecular complexity index is 938. The van der Waals surface area contributed by atoms with E-state index in [1.807, 2.05) is 29.0 Å². The summed E-state index contributed by atoms with van der Waals surface area (Å²) in [5.41, 5.74) is 2.91. The number of aliphatic imine (C=N–C) groups is 1. The molecule has 0 saturated carbocycles. The summed E-state index contributed by atoms with van der Waals surface area (Å²) in [5, 5.41) is 6.70. The number of nitrogens with one attached hydrogen (secondary N) is 2. The molecule has 7 heteroatoms. The molecule has 2 aromatic carbocycles. The molecule has 1 aromatic heterocycles. The van der Waals surface area contributed by atoms with Gasteiger partial charge in [-0.1, -0.05) is 44.2 Å². The summed E-state index contributed by atoms with van der Waals surface area (Å²) in [4.78, 5) is 8.43. The molecule has 0 spiro atoms. The van der Waals surface area contributed by atoms with Crippen molar-refractivity contribution in [2.24, 2.45) is 4.99 Å². The van der Waals surface area contributed by atoms with E-state index in [0.717, 1.165) is 16.8 Å². The SMILES string of the molecule is CN=C(NCc1ccccc1-n1ccnc1)NCC(C)(C)c1cccc(F)c1.I. The average molecular weight is 507 g/mol. The van der Waals surface area contributed by atoms with Gasteiger partial charge in [-0.15, -0.1) is 24.0 Å². The number of hydrogen-bond acceptors (Lipinski definition) is 2. The van der Waals surface area contributed by atoms with Crippen LogP contribution in [0, 0.1) is 5.82 Å². The van der Waals surface area contributed by atoms with Gasteiger partial charge in [-0.3, -0.25) is 4.99 Å². The largest absolute Gasteiger partial charge is 0.356 e. The van der Waals surface area contributed by atoms with E-state index in [2.05, 4.69) is 46.6 Å². The van der Waals surface area contributed by atoms with Crippen molar-refractivity contribution in [1.29, 1.82) is 0 Å². The summed E-state index contributed by atoms with van der Waals surface area (Å²) >= 11 is 0. The lowest BCUT2D eigenvalue weighted by Gasteiger charge is -2.27. The normalized spacial score (nSPS) is 11.7. The minimum atomic E-state index is -0.242. The minimum Gasteiger partial charge on any atom is -0.356 e. The van der Waals surface area contributed by atoms with Gasteiger partial charge < -0.3 is 15.2 Å². The highest BCUT2D eigenvalue weighted by Crippen LogP contribution is 2.22. The maximum absolute atomic E-state index is 13.6. The van der Waals surface area contributed by atoms with Gasteiger partial charge in [-0.2, -0.15) is 0 Å². The van der Waals surface area contributed by atoms with Crippen molar-refractivity contribution in [3.05, 3.63) is 84.2 Å². The van der Waals surface area contributed by atoms with Crippen molar-refractivity contribution in [3.63, 3.8) is 0 Å². The molecule has 29 heavy (non-hydrogen) atoms. The molecule has 0 atom stereocenters. The van der Waals surface area contributed by atoms with E-state index < -0.39 is 0 Å². The molecular formula is C22H27FIN5.